The van der Waals surface area contributed by atoms with Crippen LogP contribution in [0.3, 0.4) is 0 Å². The number of rotatable bonds is 5. The molecule has 13 heteroatoms. The number of methoxy groups -OCH3 is 1. The molecule has 2 bridgehead atoms. The van der Waals surface area contributed by atoms with Crippen molar-refractivity contribution in [2.75, 3.05) is 66.6 Å². The van der Waals surface area contributed by atoms with Crippen LogP contribution in [0.1, 0.15) is 28.9 Å². The van der Waals surface area contributed by atoms with Crippen LogP contribution in [0, 0.1) is 5.41 Å². The van der Waals surface area contributed by atoms with Crippen LogP contribution in [0.25, 0.3) is 10.9 Å². The summed E-state index contributed by atoms with van der Waals surface area (Å²) in [4.78, 5) is 53.5. The Bertz CT molecular complexity index is 1470. The molecular weight excluding hydrogens is 580 g/mol. The smallest absolute Gasteiger partial charge is 0.290 e. The maximum atomic E-state index is 14.5. The Labute approximate surface area is 262 Å². The number of carbonyl (C=O) groups is 4. The molecule has 1 fully saturated rings. The molecular formula is C32H42N6O7. The molecule has 0 saturated carbocycles. The van der Waals surface area contributed by atoms with Crippen molar-refractivity contribution in [3.05, 3.63) is 59.8 Å². The Morgan fingerprint density at radius 2 is 1.84 bits per heavy atom. The van der Waals surface area contributed by atoms with Crippen LogP contribution < -0.4 is 15.4 Å². The van der Waals surface area contributed by atoms with E-state index in [9.17, 15) is 14.4 Å². The highest BCUT2D eigenvalue weighted by Crippen LogP contribution is 2.33. The Hall–Kier alpha value is -4.49. The van der Waals surface area contributed by atoms with E-state index in [2.05, 4.69) is 27.7 Å². The van der Waals surface area contributed by atoms with Crippen molar-refractivity contribution in [2.45, 2.75) is 25.8 Å². The Kier molecular flexibility index (Phi) is 11.9. The number of likely N-dealkylation sites (N-methyl/N-ethyl adjacent to an activating group) is 1. The van der Waals surface area contributed by atoms with E-state index < -0.39 is 5.41 Å². The molecule has 3 N–H and O–H groups in total. The quantitative estimate of drug-likeness (QED) is 0.283. The van der Waals surface area contributed by atoms with Gasteiger partial charge in [-0.3, -0.25) is 23.9 Å². The van der Waals surface area contributed by atoms with Crippen molar-refractivity contribution in [1.29, 1.82) is 0 Å². The molecule has 2 aliphatic rings. The van der Waals surface area contributed by atoms with Crippen LogP contribution >= 0.6 is 0 Å². The van der Waals surface area contributed by atoms with Crippen molar-refractivity contribution >= 4 is 35.1 Å². The zero-order valence-corrected chi connectivity index (χ0v) is 25.9. The molecule has 5 rings (SSSR count). The Morgan fingerprint density at radius 1 is 1.09 bits per heavy atom. The molecule has 3 heterocycles. The molecule has 13 nitrogen and oxygen atoms in total. The number of carbonyl (C=O) groups excluding carboxylic acids is 3. The molecule has 3 aromatic rings. The molecule has 2 aliphatic heterocycles. The number of amides is 3. The lowest BCUT2D eigenvalue weighted by molar-refractivity contribution is -0.144. The topological polar surface area (TPSA) is 155 Å². The second-order valence-electron chi connectivity index (χ2n) is 11.3. The standard InChI is InChI=1S/C31H40N6O5.CH2O2/c1-35-14-16-36(17-15-35)30(40)31(11-6-18-41-2)20-23-7-5-8-24(19-23)42-21-27(38)32-12-13-37-28(29(39)33-22-31)25-9-3-4-10-26(25)34-37;2-1-3/h3-5,7-10,19H,6,11-18,20-22H2,1-2H3,(H,32,38)(H,33,39);1H,(H,2,3). The molecule has 0 spiro atoms. The van der Waals surface area contributed by atoms with Crippen molar-refractivity contribution in [1.82, 2.24) is 30.2 Å². The van der Waals surface area contributed by atoms with Crippen LogP contribution in [-0.4, -0.2) is 116 Å². The molecule has 242 valence electrons. The van der Waals surface area contributed by atoms with Gasteiger partial charge >= 0.3 is 0 Å². The molecule has 45 heavy (non-hydrogen) atoms. The first-order valence-corrected chi connectivity index (χ1v) is 15.1. The lowest BCUT2D eigenvalue weighted by Gasteiger charge is -2.41. The second kappa shape index (κ2) is 16.0. The minimum atomic E-state index is -0.919. The van der Waals surface area contributed by atoms with Gasteiger partial charge in [0.25, 0.3) is 18.3 Å². The highest BCUT2D eigenvalue weighted by molar-refractivity contribution is 6.05. The second-order valence-corrected chi connectivity index (χ2v) is 11.3. The fourth-order valence-electron chi connectivity index (χ4n) is 5.85. The fraction of sp³-hybridized carbons (Fsp3) is 0.469. The minimum Gasteiger partial charge on any atom is -0.484 e. The third-order valence-corrected chi connectivity index (χ3v) is 8.15. The largest absolute Gasteiger partial charge is 0.484 e. The maximum absolute atomic E-state index is 14.5. The van der Waals surface area contributed by atoms with Gasteiger partial charge in [-0.25, -0.2) is 0 Å². The van der Waals surface area contributed by atoms with E-state index in [0.29, 0.717) is 67.8 Å². The van der Waals surface area contributed by atoms with E-state index in [0.717, 1.165) is 18.7 Å². The normalized spacial score (nSPS) is 19.7. The maximum Gasteiger partial charge on any atom is 0.290 e. The van der Waals surface area contributed by atoms with Gasteiger partial charge in [-0.05, 0) is 50.1 Å². The predicted molar refractivity (Wildman–Crippen MR) is 167 cm³/mol. The number of fused-ring (bicyclic) bond motifs is 5. The third-order valence-electron chi connectivity index (χ3n) is 8.15. The predicted octanol–water partition coefficient (Wildman–Crippen LogP) is 1.41. The van der Waals surface area contributed by atoms with E-state index in [1.165, 1.54) is 0 Å². The van der Waals surface area contributed by atoms with E-state index >= 15 is 0 Å². The summed E-state index contributed by atoms with van der Waals surface area (Å²) in [5.41, 5.74) is 1.07. The number of hydrogen-bond acceptors (Lipinski definition) is 8. The summed E-state index contributed by atoms with van der Waals surface area (Å²) >= 11 is 0. The summed E-state index contributed by atoms with van der Waals surface area (Å²) in [6.45, 7) is 3.69. The van der Waals surface area contributed by atoms with E-state index in [4.69, 9.17) is 19.4 Å². The van der Waals surface area contributed by atoms with Gasteiger partial charge in [-0.15, -0.1) is 0 Å². The Morgan fingerprint density at radius 3 is 2.60 bits per heavy atom. The molecule has 0 aliphatic carbocycles. The molecule has 1 unspecified atom stereocenters. The van der Waals surface area contributed by atoms with Crippen LogP contribution in [-0.2, 0) is 32.1 Å². The fourth-order valence-corrected chi connectivity index (χ4v) is 5.85. The van der Waals surface area contributed by atoms with E-state index in [-0.39, 0.29) is 43.9 Å². The minimum absolute atomic E-state index is 0.0252. The van der Waals surface area contributed by atoms with Crippen LogP contribution in [0.4, 0.5) is 0 Å². The summed E-state index contributed by atoms with van der Waals surface area (Å²) in [7, 11) is 3.71. The number of hydrogen-bond donors (Lipinski definition) is 3. The molecule has 2 aromatic carbocycles. The number of nitrogens with one attached hydrogen (secondary N) is 2. The summed E-state index contributed by atoms with van der Waals surface area (Å²) in [5, 5.41) is 18.2. The Balaban J connectivity index is 0.00000148. The molecule has 1 atom stereocenters. The van der Waals surface area contributed by atoms with Gasteiger partial charge in [0, 0.05) is 58.4 Å². The highest BCUT2D eigenvalue weighted by atomic mass is 16.5. The number of aromatic nitrogens is 2. The number of benzene rings is 2. The van der Waals surface area contributed by atoms with Gasteiger partial charge in [0.15, 0.2) is 6.61 Å². The zero-order valence-electron chi connectivity index (χ0n) is 25.9. The first-order chi connectivity index (χ1) is 21.8. The van der Waals surface area contributed by atoms with Gasteiger partial charge in [0.05, 0.1) is 17.5 Å². The zero-order chi connectivity index (χ0) is 32.2. The molecule has 3 amide bonds. The average molecular weight is 623 g/mol. The molecule has 0 radical (unpaired) electrons. The number of nitrogens with zero attached hydrogens (tertiary/aromatic N) is 4. The lowest BCUT2D eigenvalue weighted by atomic mass is 9.75. The summed E-state index contributed by atoms with van der Waals surface area (Å²) in [6, 6.07) is 15.0. The van der Waals surface area contributed by atoms with Crippen molar-refractivity contribution in [3.63, 3.8) is 0 Å². The van der Waals surface area contributed by atoms with Crippen LogP contribution in [0.15, 0.2) is 48.5 Å². The number of piperazine rings is 1. The molecule has 1 aromatic heterocycles. The van der Waals surface area contributed by atoms with Crippen molar-refractivity contribution in [2.24, 2.45) is 5.41 Å². The van der Waals surface area contributed by atoms with Gasteiger partial charge in [0.2, 0.25) is 5.91 Å². The first kappa shape index (κ1) is 33.4. The average Bonchev–Trinajstić information content (AvgIpc) is 3.41. The van der Waals surface area contributed by atoms with Crippen LogP contribution in [0.2, 0.25) is 0 Å². The molecule has 1 saturated heterocycles. The van der Waals surface area contributed by atoms with Gasteiger partial charge in [-0.1, -0.05) is 30.3 Å². The van der Waals surface area contributed by atoms with Gasteiger partial charge < -0.3 is 35.0 Å². The van der Waals surface area contributed by atoms with Gasteiger partial charge in [-0.2, -0.15) is 5.10 Å². The van der Waals surface area contributed by atoms with Crippen LogP contribution in [0.5, 0.6) is 5.75 Å². The van der Waals surface area contributed by atoms with Gasteiger partial charge in [0.1, 0.15) is 11.4 Å². The van der Waals surface area contributed by atoms with E-state index in [1.807, 2.05) is 47.4 Å². The lowest BCUT2D eigenvalue weighted by Crippen LogP contribution is -2.56. The summed E-state index contributed by atoms with van der Waals surface area (Å²) < 4.78 is 12.8. The van der Waals surface area contributed by atoms with Crippen molar-refractivity contribution < 1.29 is 33.8 Å². The number of carboxylic acid groups (broad SMARTS) is 1. The van der Waals surface area contributed by atoms with E-state index in [1.54, 1.807) is 17.9 Å². The highest BCUT2D eigenvalue weighted by Gasteiger charge is 2.42. The SMILES string of the molecule is COCCCC1(C(=O)N2CCN(C)CC2)CNC(=O)c2c3ccccc3nn2CCNC(=O)COc2cccc(c2)C1.O=CO. The monoisotopic (exact) mass is 622 g/mol. The summed E-state index contributed by atoms with van der Waals surface area (Å²) in [6.07, 6.45) is 1.58. The first-order valence-electron chi connectivity index (χ1n) is 15.1. The summed E-state index contributed by atoms with van der Waals surface area (Å²) in [5.74, 6) is 0.00489. The van der Waals surface area contributed by atoms with Crippen molar-refractivity contribution in [3.8, 4) is 5.75 Å². The third kappa shape index (κ3) is 8.58. The number of ether oxygens (including phenoxy) is 2.